The second-order valence-corrected chi connectivity index (χ2v) is 10.7. The van der Waals surface area contributed by atoms with Crippen molar-refractivity contribution in [3.05, 3.63) is 29.8 Å². The van der Waals surface area contributed by atoms with Gasteiger partial charge in [-0.25, -0.2) is 0 Å². The first-order valence-corrected chi connectivity index (χ1v) is 12.1. The Bertz CT molecular complexity index is 611. The van der Waals surface area contributed by atoms with Crippen molar-refractivity contribution in [3.63, 3.8) is 0 Å². The summed E-state index contributed by atoms with van der Waals surface area (Å²) in [6.45, 7) is 15.5. The zero-order chi connectivity index (χ0) is 21.5. The number of nitrogens with zero attached hydrogens (tertiary/aromatic N) is 2. The van der Waals surface area contributed by atoms with E-state index < -0.39 is 0 Å². The van der Waals surface area contributed by atoms with Crippen LogP contribution in [0.3, 0.4) is 0 Å². The molecule has 0 N–H and O–H groups in total. The van der Waals surface area contributed by atoms with Gasteiger partial charge in [0.25, 0.3) is 0 Å². The predicted octanol–water partition coefficient (Wildman–Crippen LogP) is 4.97. The number of ether oxygens (including phenoxy) is 2. The first kappa shape index (κ1) is 23.6. The Morgan fingerprint density at radius 1 is 1.07 bits per heavy atom. The van der Waals surface area contributed by atoms with Crippen molar-refractivity contribution in [2.75, 3.05) is 59.6 Å². The summed E-state index contributed by atoms with van der Waals surface area (Å²) >= 11 is 0. The van der Waals surface area contributed by atoms with Gasteiger partial charge >= 0.3 is 0 Å². The molecule has 170 valence electrons. The SMILES string of the molecule is CN(CCC(C)(C)C)CC1(c2ccc(OCCCN3CCCC3)cc2)CCOCC1. The molecule has 1 aromatic rings. The van der Waals surface area contributed by atoms with Crippen molar-refractivity contribution in [1.29, 1.82) is 0 Å². The predicted molar refractivity (Wildman–Crippen MR) is 126 cm³/mol. The van der Waals surface area contributed by atoms with E-state index in [1.807, 2.05) is 0 Å². The zero-order valence-corrected chi connectivity index (χ0v) is 19.9. The highest BCUT2D eigenvalue weighted by Crippen LogP contribution is 2.36. The van der Waals surface area contributed by atoms with Crippen LogP contribution in [-0.4, -0.2) is 69.4 Å². The molecule has 2 fully saturated rings. The second-order valence-electron chi connectivity index (χ2n) is 10.7. The van der Waals surface area contributed by atoms with E-state index in [-0.39, 0.29) is 5.41 Å². The molecule has 0 amide bonds. The van der Waals surface area contributed by atoms with Gasteiger partial charge in [-0.15, -0.1) is 0 Å². The summed E-state index contributed by atoms with van der Waals surface area (Å²) in [5, 5.41) is 0. The molecule has 4 heteroatoms. The maximum absolute atomic E-state index is 6.04. The highest BCUT2D eigenvalue weighted by atomic mass is 16.5. The number of hydrogen-bond acceptors (Lipinski definition) is 4. The fourth-order valence-corrected chi connectivity index (χ4v) is 4.81. The highest BCUT2D eigenvalue weighted by Gasteiger charge is 2.35. The molecule has 0 saturated carbocycles. The first-order chi connectivity index (χ1) is 14.4. The minimum atomic E-state index is 0.194. The van der Waals surface area contributed by atoms with E-state index in [0.29, 0.717) is 5.41 Å². The van der Waals surface area contributed by atoms with Crippen LogP contribution >= 0.6 is 0 Å². The molecule has 1 aromatic carbocycles. The molecule has 0 spiro atoms. The Morgan fingerprint density at radius 2 is 1.73 bits per heavy atom. The third-order valence-electron chi connectivity index (χ3n) is 6.82. The van der Waals surface area contributed by atoms with Crippen LogP contribution < -0.4 is 4.74 Å². The first-order valence-electron chi connectivity index (χ1n) is 12.1. The molecule has 0 aliphatic carbocycles. The van der Waals surface area contributed by atoms with Gasteiger partial charge in [-0.1, -0.05) is 32.9 Å². The Labute approximate surface area is 184 Å². The summed E-state index contributed by atoms with van der Waals surface area (Å²) in [5.74, 6) is 1.00. The fraction of sp³-hybridized carbons (Fsp3) is 0.769. The summed E-state index contributed by atoms with van der Waals surface area (Å²) < 4.78 is 11.8. The number of rotatable bonds is 10. The lowest BCUT2D eigenvalue weighted by atomic mass is 9.73. The standard InChI is InChI=1S/C26H44N2O2/c1-25(2,3)12-18-27(4)22-26(13-20-29-21-14-26)23-8-10-24(11-9-23)30-19-7-17-28-15-5-6-16-28/h8-11H,5-7,12-22H2,1-4H3. The van der Waals surface area contributed by atoms with Gasteiger partial charge < -0.3 is 19.3 Å². The maximum atomic E-state index is 6.04. The molecule has 30 heavy (non-hydrogen) atoms. The van der Waals surface area contributed by atoms with E-state index in [4.69, 9.17) is 9.47 Å². The van der Waals surface area contributed by atoms with E-state index in [1.165, 1.54) is 44.5 Å². The summed E-state index contributed by atoms with van der Waals surface area (Å²) in [4.78, 5) is 5.08. The fourth-order valence-electron chi connectivity index (χ4n) is 4.81. The number of benzene rings is 1. The van der Waals surface area contributed by atoms with Crippen LogP contribution in [0.25, 0.3) is 0 Å². The van der Waals surface area contributed by atoms with Gasteiger partial charge in [0.1, 0.15) is 5.75 Å². The molecule has 0 atom stereocenters. The number of likely N-dealkylation sites (N-methyl/N-ethyl adjacent to an activating group) is 1. The van der Waals surface area contributed by atoms with Crippen LogP contribution in [0.2, 0.25) is 0 Å². The lowest BCUT2D eigenvalue weighted by molar-refractivity contribution is 0.0361. The third-order valence-corrected chi connectivity index (χ3v) is 6.82. The van der Waals surface area contributed by atoms with Crippen LogP contribution in [0.5, 0.6) is 5.75 Å². The summed E-state index contributed by atoms with van der Waals surface area (Å²) in [7, 11) is 2.28. The summed E-state index contributed by atoms with van der Waals surface area (Å²) in [6, 6.07) is 8.96. The van der Waals surface area contributed by atoms with Crippen molar-refractivity contribution in [2.45, 2.75) is 64.7 Å². The van der Waals surface area contributed by atoms with Crippen molar-refractivity contribution >= 4 is 0 Å². The van der Waals surface area contributed by atoms with Gasteiger partial charge in [0.05, 0.1) is 6.61 Å². The molecule has 0 radical (unpaired) electrons. The lowest BCUT2D eigenvalue weighted by Gasteiger charge is -2.41. The van der Waals surface area contributed by atoms with Crippen LogP contribution in [0, 0.1) is 5.41 Å². The third kappa shape index (κ3) is 7.25. The van der Waals surface area contributed by atoms with Gasteiger partial charge in [0, 0.05) is 31.7 Å². The van der Waals surface area contributed by atoms with E-state index in [1.54, 1.807) is 0 Å². The monoisotopic (exact) mass is 416 g/mol. The van der Waals surface area contributed by atoms with Crippen molar-refractivity contribution < 1.29 is 9.47 Å². The molecule has 0 unspecified atom stereocenters. The van der Waals surface area contributed by atoms with Crippen molar-refractivity contribution in [2.24, 2.45) is 5.41 Å². The van der Waals surface area contributed by atoms with Crippen LogP contribution in [0.1, 0.15) is 64.9 Å². The summed E-state index contributed by atoms with van der Waals surface area (Å²) in [6.07, 6.45) is 7.26. The molecule has 3 rings (SSSR count). The molecule has 0 bridgehead atoms. The number of hydrogen-bond donors (Lipinski definition) is 0. The molecule has 4 nitrogen and oxygen atoms in total. The highest BCUT2D eigenvalue weighted by molar-refractivity contribution is 5.33. The number of likely N-dealkylation sites (tertiary alicyclic amines) is 1. The van der Waals surface area contributed by atoms with Crippen LogP contribution in [0.4, 0.5) is 0 Å². The van der Waals surface area contributed by atoms with Gasteiger partial charge in [-0.2, -0.15) is 0 Å². The van der Waals surface area contributed by atoms with E-state index in [0.717, 1.165) is 57.9 Å². The topological polar surface area (TPSA) is 24.9 Å². The zero-order valence-electron chi connectivity index (χ0n) is 19.9. The minimum absolute atomic E-state index is 0.194. The van der Waals surface area contributed by atoms with E-state index in [9.17, 15) is 0 Å². The second kappa shape index (κ2) is 11.0. The summed E-state index contributed by atoms with van der Waals surface area (Å²) in [5.41, 5.74) is 2.02. The minimum Gasteiger partial charge on any atom is -0.494 e. The molecule has 2 aliphatic rings. The van der Waals surface area contributed by atoms with Gasteiger partial charge in [-0.05, 0) is 88.3 Å². The van der Waals surface area contributed by atoms with E-state index >= 15 is 0 Å². The van der Waals surface area contributed by atoms with Gasteiger partial charge in [0.2, 0.25) is 0 Å². The maximum Gasteiger partial charge on any atom is 0.119 e. The Hall–Kier alpha value is -1.10. The quantitative estimate of drug-likeness (QED) is 0.503. The van der Waals surface area contributed by atoms with Crippen molar-refractivity contribution in [3.8, 4) is 5.75 Å². The molecule has 0 aromatic heterocycles. The largest absolute Gasteiger partial charge is 0.494 e. The Kier molecular flexibility index (Phi) is 8.62. The van der Waals surface area contributed by atoms with E-state index in [2.05, 4.69) is 61.9 Å². The average molecular weight is 417 g/mol. The van der Waals surface area contributed by atoms with Crippen LogP contribution in [0.15, 0.2) is 24.3 Å². The van der Waals surface area contributed by atoms with Gasteiger partial charge in [0.15, 0.2) is 0 Å². The molecular weight excluding hydrogens is 372 g/mol. The Morgan fingerprint density at radius 3 is 2.37 bits per heavy atom. The molecular formula is C26H44N2O2. The molecule has 2 aliphatic heterocycles. The van der Waals surface area contributed by atoms with Crippen molar-refractivity contribution in [1.82, 2.24) is 9.80 Å². The average Bonchev–Trinajstić information content (AvgIpc) is 3.24. The Balaban J connectivity index is 1.54. The normalized spacial score (nSPS) is 20.0. The lowest BCUT2D eigenvalue weighted by Crippen LogP contribution is -2.44. The molecule has 2 saturated heterocycles. The van der Waals surface area contributed by atoms with Crippen LogP contribution in [-0.2, 0) is 10.2 Å². The molecule has 2 heterocycles. The van der Waals surface area contributed by atoms with Gasteiger partial charge in [-0.3, -0.25) is 0 Å². The smallest absolute Gasteiger partial charge is 0.119 e.